The van der Waals surface area contributed by atoms with Gasteiger partial charge in [-0.3, -0.25) is 9.69 Å². The van der Waals surface area contributed by atoms with Crippen LogP contribution in [0.4, 0.5) is 19.0 Å². The summed E-state index contributed by atoms with van der Waals surface area (Å²) in [6, 6.07) is 0.955. The number of anilines is 1. The lowest BCUT2D eigenvalue weighted by molar-refractivity contribution is -0.137. The third kappa shape index (κ3) is 5.08. The van der Waals surface area contributed by atoms with Crippen LogP contribution in [0.1, 0.15) is 44.6 Å². The molecule has 2 aliphatic rings. The van der Waals surface area contributed by atoms with E-state index in [4.69, 9.17) is 11.6 Å². The Balaban J connectivity index is 1.54. The van der Waals surface area contributed by atoms with E-state index in [1.807, 2.05) is 11.8 Å². The number of hydrogen-bond acceptors (Lipinski definition) is 4. The highest BCUT2D eigenvalue weighted by atomic mass is 35.5. The summed E-state index contributed by atoms with van der Waals surface area (Å²) in [4.78, 5) is 20.4. The Morgan fingerprint density at radius 2 is 1.86 bits per heavy atom. The molecule has 28 heavy (non-hydrogen) atoms. The number of nitrogens with one attached hydrogen (secondary N) is 1. The number of piperazine rings is 1. The predicted molar refractivity (Wildman–Crippen MR) is 103 cm³/mol. The molecule has 156 valence electrons. The number of amides is 1. The fourth-order valence-electron chi connectivity index (χ4n) is 3.87. The van der Waals surface area contributed by atoms with E-state index >= 15 is 0 Å². The first kappa shape index (κ1) is 21.2. The molecule has 0 radical (unpaired) electrons. The molecule has 1 amide bonds. The third-order valence-electron chi connectivity index (χ3n) is 5.64. The Bertz CT molecular complexity index is 686. The maximum Gasteiger partial charge on any atom is 0.417 e. The van der Waals surface area contributed by atoms with Crippen LogP contribution in [-0.2, 0) is 11.0 Å². The van der Waals surface area contributed by atoms with Gasteiger partial charge in [-0.1, -0.05) is 30.9 Å². The zero-order valence-corrected chi connectivity index (χ0v) is 16.7. The van der Waals surface area contributed by atoms with Crippen LogP contribution in [0.5, 0.6) is 0 Å². The van der Waals surface area contributed by atoms with Crippen molar-refractivity contribution in [1.29, 1.82) is 0 Å². The van der Waals surface area contributed by atoms with Crippen LogP contribution in [-0.4, -0.2) is 54.1 Å². The molecule has 1 N–H and O–H groups in total. The van der Waals surface area contributed by atoms with Gasteiger partial charge in [0, 0.05) is 38.4 Å². The second kappa shape index (κ2) is 8.86. The standard InChI is InChI=1S/C19H26ClF3N4O/c1-13(18(28)25-15-5-3-2-4-6-15)26-7-9-27(10-8-26)17-16(20)11-14(12-24-17)19(21,22)23/h11-13,15H,2-10H2,1H3,(H,25,28). The van der Waals surface area contributed by atoms with Crippen molar-refractivity contribution in [3.8, 4) is 0 Å². The lowest BCUT2D eigenvalue weighted by atomic mass is 9.95. The molecule has 1 unspecified atom stereocenters. The minimum atomic E-state index is -4.46. The van der Waals surface area contributed by atoms with E-state index in [1.165, 1.54) is 19.3 Å². The van der Waals surface area contributed by atoms with E-state index in [9.17, 15) is 18.0 Å². The fourth-order valence-corrected chi connectivity index (χ4v) is 4.16. The molecule has 0 spiro atoms. The lowest BCUT2D eigenvalue weighted by Crippen LogP contribution is -2.55. The van der Waals surface area contributed by atoms with Crippen LogP contribution in [0.15, 0.2) is 12.3 Å². The molecule has 1 aliphatic carbocycles. The predicted octanol–water partition coefficient (Wildman–Crippen LogP) is 3.71. The molecule has 1 saturated carbocycles. The minimum absolute atomic E-state index is 0.00800. The van der Waals surface area contributed by atoms with Crippen LogP contribution >= 0.6 is 11.6 Å². The van der Waals surface area contributed by atoms with Gasteiger partial charge in [-0.25, -0.2) is 4.98 Å². The molecular weight excluding hydrogens is 393 g/mol. The summed E-state index contributed by atoms with van der Waals surface area (Å²) in [5.41, 5.74) is -0.854. The lowest BCUT2D eigenvalue weighted by Gasteiger charge is -2.38. The van der Waals surface area contributed by atoms with Gasteiger partial charge in [0.1, 0.15) is 5.82 Å². The van der Waals surface area contributed by atoms with Gasteiger partial charge in [-0.05, 0) is 25.8 Å². The summed E-state index contributed by atoms with van der Waals surface area (Å²) in [5, 5.41) is 3.15. The monoisotopic (exact) mass is 418 g/mol. The average molecular weight is 419 g/mol. The van der Waals surface area contributed by atoms with Crippen molar-refractivity contribution in [3.05, 3.63) is 22.8 Å². The highest BCUT2D eigenvalue weighted by Gasteiger charge is 2.33. The topological polar surface area (TPSA) is 48.5 Å². The molecule has 2 heterocycles. The number of carbonyl (C=O) groups excluding carboxylic acids is 1. The first-order valence-corrected chi connectivity index (χ1v) is 10.2. The minimum Gasteiger partial charge on any atom is -0.353 e. The number of carbonyl (C=O) groups is 1. The van der Waals surface area contributed by atoms with Crippen LogP contribution in [0.2, 0.25) is 5.02 Å². The number of alkyl halides is 3. The Morgan fingerprint density at radius 3 is 2.43 bits per heavy atom. The number of aromatic nitrogens is 1. The summed E-state index contributed by atoms with van der Waals surface area (Å²) in [6.45, 7) is 4.26. The second-order valence-electron chi connectivity index (χ2n) is 7.57. The average Bonchev–Trinajstić information content (AvgIpc) is 2.67. The summed E-state index contributed by atoms with van der Waals surface area (Å²) in [7, 11) is 0. The number of pyridine rings is 1. The fraction of sp³-hybridized carbons (Fsp3) is 0.684. The Labute approximate surface area is 168 Å². The SMILES string of the molecule is CC(C(=O)NC1CCCCC1)N1CCN(c2ncc(C(F)(F)F)cc2Cl)CC1. The summed E-state index contributed by atoms with van der Waals surface area (Å²) in [5.74, 6) is 0.402. The number of halogens is 4. The molecule has 1 aliphatic heterocycles. The van der Waals surface area contributed by atoms with Crippen molar-refractivity contribution in [1.82, 2.24) is 15.2 Å². The zero-order valence-electron chi connectivity index (χ0n) is 15.9. The van der Waals surface area contributed by atoms with Crippen LogP contribution < -0.4 is 10.2 Å². The summed E-state index contributed by atoms with van der Waals surface area (Å²) >= 11 is 6.04. The van der Waals surface area contributed by atoms with Crippen molar-refractivity contribution in [2.75, 3.05) is 31.1 Å². The Morgan fingerprint density at radius 1 is 1.21 bits per heavy atom. The number of hydrogen-bond donors (Lipinski definition) is 1. The van der Waals surface area contributed by atoms with Crippen molar-refractivity contribution in [2.45, 2.75) is 57.3 Å². The molecule has 1 saturated heterocycles. The van der Waals surface area contributed by atoms with Crippen molar-refractivity contribution >= 4 is 23.3 Å². The van der Waals surface area contributed by atoms with Crippen LogP contribution in [0.25, 0.3) is 0 Å². The molecule has 1 atom stereocenters. The van der Waals surface area contributed by atoms with Gasteiger partial charge < -0.3 is 10.2 Å². The molecule has 5 nitrogen and oxygen atoms in total. The molecule has 2 fully saturated rings. The molecule has 0 bridgehead atoms. The smallest absolute Gasteiger partial charge is 0.353 e. The van der Waals surface area contributed by atoms with E-state index in [1.54, 1.807) is 0 Å². The van der Waals surface area contributed by atoms with Gasteiger partial charge >= 0.3 is 6.18 Å². The zero-order chi connectivity index (χ0) is 20.3. The highest BCUT2D eigenvalue weighted by Crippen LogP contribution is 2.33. The van der Waals surface area contributed by atoms with E-state index in [0.717, 1.165) is 25.1 Å². The first-order valence-electron chi connectivity index (χ1n) is 9.78. The quantitative estimate of drug-likeness (QED) is 0.809. The van der Waals surface area contributed by atoms with Gasteiger partial charge in [0.25, 0.3) is 0 Å². The van der Waals surface area contributed by atoms with Gasteiger partial charge in [0.15, 0.2) is 0 Å². The summed E-state index contributed by atoms with van der Waals surface area (Å²) < 4.78 is 38.3. The van der Waals surface area contributed by atoms with E-state index in [-0.39, 0.29) is 23.0 Å². The molecule has 1 aromatic heterocycles. The normalized spacial score (nSPS) is 20.8. The van der Waals surface area contributed by atoms with E-state index in [2.05, 4.69) is 15.2 Å². The van der Waals surface area contributed by atoms with E-state index in [0.29, 0.717) is 32.0 Å². The van der Waals surface area contributed by atoms with Crippen LogP contribution in [0, 0.1) is 0 Å². The molecule has 0 aromatic carbocycles. The van der Waals surface area contributed by atoms with Gasteiger partial charge in [-0.15, -0.1) is 0 Å². The van der Waals surface area contributed by atoms with Gasteiger partial charge in [0.05, 0.1) is 16.6 Å². The Hall–Kier alpha value is -1.54. The van der Waals surface area contributed by atoms with Gasteiger partial charge in [0.2, 0.25) is 5.91 Å². The largest absolute Gasteiger partial charge is 0.417 e. The Kier molecular flexibility index (Phi) is 6.70. The second-order valence-corrected chi connectivity index (χ2v) is 7.98. The van der Waals surface area contributed by atoms with Crippen LogP contribution in [0.3, 0.4) is 0 Å². The maximum absolute atomic E-state index is 12.8. The summed E-state index contributed by atoms with van der Waals surface area (Å²) in [6.07, 6.45) is 2.01. The molecule has 9 heteroatoms. The third-order valence-corrected chi connectivity index (χ3v) is 5.92. The number of rotatable bonds is 4. The number of nitrogens with zero attached hydrogens (tertiary/aromatic N) is 3. The van der Waals surface area contributed by atoms with Crippen molar-refractivity contribution in [3.63, 3.8) is 0 Å². The molecule has 3 rings (SSSR count). The molecule has 1 aromatic rings. The maximum atomic E-state index is 12.8. The highest BCUT2D eigenvalue weighted by molar-refractivity contribution is 6.33. The molecular formula is C19H26ClF3N4O. The van der Waals surface area contributed by atoms with Gasteiger partial charge in [-0.2, -0.15) is 13.2 Å². The van der Waals surface area contributed by atoms with Crippen molar-refractivity contribution < 1.29 is 18.0 Å². The van der Waals surface area contributed by atoms with E-state index < -0.39 is 11.7 Å². The first-order chi connectivity index (χ1) is 13.3. The van der Waals surface area contributed by atoms with Crippen molar-refractivity contribution in [2.24, 2.45) is 0 Å².